The molecule has 10 heteroatoms. The Labute approximate surface area is 199 Å². The highest BCUT2D eigenvalue weighted by atomic mass is 16.5. The van der Waals surface area contributed by atoms with Crippen molar-refractivity contribution < 1.29 is 38.1 Å². The maximum absolute atomic E-state index is 13.1. The van der Waals surface area contributed by atoms with Gasteiger partial charge in [0, 0.05) is 13.1 Å². The number of hydrogen-bond acceptors (Lipinski definition) is 8. The average molecular weight is 477 g/mol. The lowest BCUT2D eigenvalue weighted by molar-refractivity contribution is -0.148. The fraction of sp³-hybridized carbons (Fsp3) is 0.500. The number of rotatable bonds is 11. The minimum Gasteiger partial charge on any atom is -0.493 e. The summed E-state index contributed by atoms with van der Waals surface area (Å²) in [6, 6.07) is 4.43. The van der Waals surface area contributed by atoms with E-state index in [-0.39, 0.29) is 43.8 Å². The van der Waals surface area contributed by atoms with Crippen LogP contribution in [0.5, 0.6) is 11.5 Å². The van der Waals surface area contributed by atoms with E-state index < -0.39 is 23.9 Å². The zero-order valence-corrected chi connectivity index (χ0v) is 20.5. The van der Waals surface area contributed by atoms with Crippen molar-refractivity contribution in [3.63, 3.8) is 0 Å². The lowest BCUT2D eigenvalue weighted by Crippen LogP contribution is -2.35. The summed E-state index contributed by atoms with van der Waals surface area (Å²) in [5, 5.41) is 0. The van der Waals surface area contributed by atoms with Crippen molar-refractivity contribution in [1.29, 1.82) is 0 Å². The van der Waals surface area contributed by atoms with Gasteiger partial charge < -0.3 is 18.9 Å². The molecule has 1 fully saturated rings. The summed E-state index contributed by atoms with van der Waals surface area (Å²) < 4.78 is 20.8. The van der Waals surface area contributed by atoms with Crippen LogP contribution >= 0.6 is 0 Å². The second-order valence-electron chi connectivity index (χ2n) is 8.11. The molecule has 186 valence electrons. The van der Waals surface area contributed by atoms with Gasteiger partial charge in [-0.15, -0.1) is 0 Å². The molecular weight excluding hydrogens is 444 g/mol. The molecule has 0 radical (unpaired) electrons. The zero-order valence-electron chi connectivity index (χ0n) is 20.5. The summed E-state index contributed by atoms with van der Waals surface area (Å²) in [5.41, 5.74) is 0.663. The van der Waals surface area contributed by atoms with Gasteiger partial charge in [-0.25, -0.2) is 4.79 Å². The zero-order chi connectivity index (χ0) is 25.4. The standard InChI is InChI=1S/C24H32N2O8/c1-15(2)33-21(27)9-11-25-18(13-17-7-8-19(31-5)20(14-17)32-6)23(29)26(24(25)30)12-10-22(28)34-16(3)4/h7-8,13-16H,9-12H2,1-6H3. The van der Waals surface area contributed by atoms with Crippen LogP contribution in [0.25, 0.3) is 6.08 Å². The molecule has 0 unspecified atom stereocenters. The average Bonchev–Trinajstić information content (AvgIpc) is 2.98. The van der Waals surface area contributed by atoms with Crippen LogP contribution in [0, 0.1) is 0 Å². The molecule has 2 rings (SSSR count). The Morgan fingerprint density at radius 3 is 1.88 bits per heavy atom. The second-order valence-corrected chi connectivity index (χ2v) is 8.11. The van der Waals surface area contributed by atoms with Gasteiger partial charge in [0.15, 0.2) is 11.5 Å². The van der Waals surface area contributed by atoms with Crippen LogP contribution in [0.2, 0.25) is 0 Å². The molecule has 0 N–H and O–H groups in total. The van der Waals surface area contributed by atoms with Crippen LogP contribution in [-0.4, -0.2) is 73.2 Å². The van der Waals surface area contributed by atoms with E-state index in [1.165, 1.54) is 25.2 Å². The summed E-state index contributed by atoms with van der Waals surface area (Å²) in [7, 11) is 3.00. The lowest BCUT2D eigenvalue weighted by atomic mass is 10.1. The fourth-order valence-electron chi connectivity index (χ4n) is 3.29. The molecule has 1 saturated heterocycles. The van der Waals surface area contributed by atoms with Crippen molar-refractivity contribution in [2.24, 2.45) is 0 Å². The molecular formula is C24H32N2O8. The first kappa shape index (κ1) is 26.7. The molecule has 1 aromatic rings. The van der Waals surface area contributed by atoms with Crippen molar-refractivity contribution in [2.45, 2.75) is 52.7 Å². The van der Waals surface area contributed by atoms with E-state index in [2.05, 4.69) is 0 Å². The van der Waals surface area contributed by atoms with Crippen molar-refractivity contribution in [3.05, 3.63) is 29.5 Å². The number of amides is 3. The number of ether oxygens (including phenoxy) is 4. The minimum absolute atomic E-state index is 0.0534. The van der Waals surface area contributed by atoms with E-state index in [0.717, 1.165) is 4.90 Å². The highest BCUT2D eigenvalue weighted by molar-refractivity contribution is 6.14. The number of urea groups is 1. The molecule has 0 spiro atoms. The normalized spacial score (nSPS) is 14.9. The number of methoxy groups -OCH3 is 2. The molecule has 0 aliphatic carbocycles. The Balaban J connectivity index is 2.31. The topological polar surface area (TPSA) is 112 Å². The van der Waals surface area contributed by atoms with Gasteiger partial charge >= 0.3 is 18.0 Å². The molecule has 1 aromatic carbocycles. The summed E-state index contributed by atoms with van der Waals surface area (Å²) in [5.74, 6) is -0.611. The molecule has 0 aromatic heterocycles. The molecule has 1 heterocycles. The maximum Gasteiger partial charge on any atom is 0.331 e. The van der Waals surface area contributed by atoms with Crippen LogP contribution in [-0.2, 0) is 23.9 Å². The van der Waals surface area contributed by atoms with Crippen LogP contribution in [0.3, 0.4) is 0 Å². The lowest BCUT2D eigenvalue weighted by Gasteiger charge is -2.17. The van der Waals surface area contributed by atoms with E-state index in [4.69, 9.17) is 18.9 Å². The molecule has 1 aliphatic rings. The predicted octanol–water partition coefficient (Wildman–Crippen LogP) is 2.99. The van der Waals surface area contributed by atoms with E-state index in [1.54, 1.807) is 45.9 Å². The van der Waals surface area contributed by atoms with Crippen molar-refractivity contribution >= 4 is 30.0 Å². The number of carbonyl (C=O) groups is 4. The fourth-order valence-corrected chi connectivity index (χ4v) is 3.29. The highest BCUT2D eigenvalue weighted by Gasteiger charge is 2.41. The second kappa shape index (κ2) is 12.1. The van der Waals surface area contributed by atoms with E-state index in [0.29, 0.717) is 17.1 Å². The monoisotopic (exact) mass is 476 g/mol. The van der Waals surface area contributed by atoms with Gasteiger partial charge in [-0.2, -0.15) is 0 Å². The molecule has 3 amide bonds. The van der Waals surface area contributed by atoms with E-state index in [1.807, 2.05) is 0 Å². The summed E-state index contributed by atoms with van der Waals surface area (Å²) in [4.78, 5) is 52.4. The molecule has 34 heavy (non-hydrogen) atoms. The van der Waals surface area contributed by atoms with Gasteiger partial charge in [-0.05, 0) is 51.5 Å². The van der Waals surface area contributed by atoms with Crippen LogP contribution in [0.4, 0.5) is 4.79 Å². The number of hydrogen-bond donors (Lipinski definition) is 0. The van der Waals surface area contributed by atoms with Gasteiger partial charge in [0.2, 0.25) is 0 Å². The van der Waals surface area contributed by atoms with Gasteiger partial charge in [-0.3, -0.25) is 24.2 Å². The molecule has 0 saturated carbocycles. The largest absolute Gasteiger partial charge is 0.493 e. The highest BCUT2D eigenvalue weighted by Crippen LogP contribution is 2.30. The first-order chi connectivity index (χ1) is 16.1. The maximum atomic E-state index is 13.1. The van der Waals surface area contributed by atoms with Crippen molar-refractivity contribution in [2.75, 3.05) is 27.3 Å². The van der Waals surface area contributed by atoms with E-state index >= 15 is 0 Å². The third-order valence-electron chi connectivity index (χ3n) is 4.74. The van der Waals surface area contributed by atoms with Crippen molar-refractivity contribution in [1.82, 2.24) is 9.80 Å². The smallest absolute Gasteiger partial charge is 0.331 e. The molecule has 0 bridgehead atoms. The Bertz CT molecular complexity index is 954. The Morgan fingerprint density at radius 2 is 1.38 bits per heavy atom. The number of carbonyl (C=O) groups excluding carboxylic acids is 4. The van der Waals surface area contributed by atoms with E-state index in [9.17, 15) is 19.2 Å². The number of imide groups is 1. The SMILES string of the molecule is COc1ccc(C=C2C(=O)N(CCC(=O)OC(C)C)C(=O)N2CCC(=O)OC(C)C)cc1OC. The number of nitrogens with zero attached hydrogens (tertiary/aromatic N) is 2. The Hall–Kier alpha value is -3.56. The van der Waals surface area contributed by atoms with Crippen LogP contribution in [0.15, 0.2) is 23.9 Å². The summed E-state index contributed by atoms with van der Waals surface area (Å²) >= 11 is 0. The minimum atomic E-state index is -0.619. The van der Waals surface area contributed by atoms with Crippen LogP contribution < -0.4 is 9.47 Å². The van der Waals surface area contributed by atoms with Gasteiger partial charge in [0.25, 0.3) is 5.91 Å². The number of benzene rings is 1. The van der Waals surface area contributed by atoms with Crippen molar-refractivity contribution in [3.8, 4) is 11.5 Å². The number of esters is 2. The quantitative estimate of drug-likeness (QED) is 0.272. The summed E-state index contributed by atoms with van der Waals surface area (Å²) in [6.07, 6.45) is 0.698. The molecule has 1 aliphatic heterocycles. The predicted molar refractivity (Wildman–Crippen MR) is 123 cm³/mol. The third-order valence-corrected chi connectivity index (χ3v) is 4.74. The van der Waals surface area contributed by atoms with Gasteiger partial charge in [0.1, 0.15) is 5.70 Å². The Kier molecular flexibility index (Phi) is 9.47. The third kappa shape index (κ3) is 6.97. The van der Waals surface area contributed by atoms with Crippen LogP contribution in [0.1, 0.15) is 46.1 Å². The first-order valence-electron chi connectivity index (χ1n) is 11.0. The Morgan fingerprint density at radius 1 is 0.853 bits per heavy atom. The van der Waals surface area contributed by atoms with Gasteiger partial charge in [0.05, 0.1) is 39.3 Å². The van der Waals surface area contributed by atoms with Gasteiger partial charge in [-0.1, -0.05) is 6.07 Å². The first-order valence-corrected chi connectivity index (χ1v) is 11.0. The molecule has 0 atom stereocenters. The summed E-state index contributed by atoms with van der Waals surface area (Å²) in [6.45, 7) is 6.69. The molecule has 10 nitrogen and oxygen atoms in total.